The maximum Gasteiger partial charge on any atom is 0.295 e. The molecular weight excluding hydrogens is 412 g/mol. The molecule has 0 amide bonds. The topological polar surface area (TPSA) is 54.4 Å². The zero-order chi connectivity index (χ0) is 20.4. The average Bonchev–Trinajstić information content (AvgIpc) is 2.74. The van der Waals surface area contributed by atoms with E-state index < -0.39 is 10.1 Å². The maximum atomic E-state index is 12.7. The molecule has 0 atom stereocenters. The van der Waals surface area contributed by atoms with Crippen LogP contribution in [0, 0.1) is 6.92 Å². The number of aryl methyl sites for hydroxylation is 1. The molecule has 0 saturated heterocycles. The minimum atomic E-state index is -4.51. The normalized spacial score (nSPS) is 11.0. The van der Waals surface area contributed by atoms with Crippen molar-refractivity contribution in [3.05, 3.63) is 103 Å². The smallest absolute Gasteiger partial charge is 0.282 e. The van der Waals surface area contributed by atoms with Crippen LogP contribution in [0.2, 0.25) is 0 Å². The van der Waals surface area contributed by atoms with Crippen LogP contribution in [0.4, 0.5) is 0 Å². The first-order chi connectivity index (χ1) is 14.0. The van der Waals surface area contributed by atoms with E-state index in [0.717, 1.165) is 27.8 Å². The monoisotopic (exact) mass is 434 g/mol. The molecule has 3 nitrogen and oxygen atoms in total. The van der Waals surface area contributed by atoms with Crippen LogP contribution in [0.3, 0.4) is 0 Å². The molecule has 4 aromatic carbocycles. The van der Waals surface area contributed by atoms with Gasteiger partial charge in [0, 0.05) is 11.1 Å². The van der Waals surface area contributed by atoms with E-state index in [1.165, 1.54) is 0 Å². The summed E-state index contributed by atoms with van der Waals surface area (Å²) in [7, 11) is -4.51. The summed E-state index contributed by atoms with van der Waals surface area (Å²) in [6, 6.07) is 30.1. The first kappa shape index (κ1) is 21.8. The second-order valence-electron chi connectivity index (χ2n) is 6.89. The van der Waals surface area contributed by atoms with Gasteiger partial charge < -0.3 is 0 Å². The Morgan fingerprint density at radius 3 is 1.47 bits per heavy atom. The van der Waals surface area contributed by atoms with Gasteiger partial charge in [-0.25, -0.2) is 0 Å². The number of benzene rings is 4. The third kappa shape index (κ3) is 4.19. The maximum absolute atomic E-state index is 12.7. The summed E-state index contributed by atoms with van der Waals surface area (Å²) in [5.74, 6) is 0. The van der Waals surface area contributed by atoms with Crippen molar-refractivity contribution in [3.63, 3.8) is 0 Å². The van der Waals surface area contributed by atoms with E-state index in [1.807, 2.05) is 104 Å². The van der Waals surface area contributed by atoms with Gasteiger partial charge in [-0.15, -0.1) is 0 Å². The van der Waals surface area contributed by atoms with Gasteiger partial charge in [0.15, 0.2) is 0 Å². The highest BCUT2D eigenvalue weighted by molar-refractivity contribution is 7.86. The Morgan fingerprint density at radius 2 is 1.03 bits per heavy atom. The molecule has 0 heterocycles. The van der Waals surface area contributed by atoms with Gasteiger partial charge in [0.25, 0.3) is 10.1 Å². The number of hydrogen-bond acceptors (Lipinski definition) is 2. The second-order valence-corrected chi connectivity index (χ2v) is 8.25. The molecule has 4 rings (SSSR count). The van der Waals surface area contributed by atoms with Crippen molar-refractivity contribution in [1.82, 2.24) is 0 Å². The molecule has 0 unspecified atom stereocenters. The lowest BCUT2D eigenvalue weighted by atomic mass is 9.87. The molecule has 5 heteroatoms. The van der Waals surface area contributed by atoms with E-state index >= 15 is 0 Å². The van der Waals surface area contributed by atoms with Gasteiger partial charge in [0.2, 0.25) is 0 Å². The van der Waals surface area contributed by atoms with Gasteiger partial charge in [-0.2, -0.15) is 21.9 Å². The van der Waals surface area contributed by atoms with Gasteiger partial charge in [0.1, 0.15) is 4.90 Å². The summed E-state index contributed by atoms with van der Waals surface area (Å²) in [4.78, 5) is -0.0700. The molecule has 0 bridgehead atoms. The van der Waals surface area contributed by atoms with E-state index in [-0.39, 0.29) is 18.4 Å². The summed E-state index contributed by atoms with van der Waals surface area (Å²) in [6.45, 7) is 1.97. The summed E-state index contributed by atoms with van der Waals surface area (Å²) >= 11 is 0. The Balaban J connectivity index is 0.00000256. The van der Waals surface area contributed by atoms with Gasteiger partial charge in [-0.1, -0.05) is 91.0 Å². The average molecular weight is 435 g/mol. The lowest BCUT2D eigenvalue weighted by molar-refractivity contribution is 0.484. The molecule has 1 N–H and O–H groups in total. The highest BCUT2D eigenvalue weighted by Gasteiger charge is 2.27. The fraction of sp³-hybridized carbons (Fsp3) is 0.0400. The third-order valence-electron chi connectivity index (χ3n) is 4.94. The van der Waals surface area contributed by atoms with Crippen molar-refractivity contribution >= 4 is 23.6 Å². The van der Waals surface area contributed by atoms with Crippen LogP contribution in [-0.4, -0.2) is 13.0 Å². The van der Waals surface area contributed by atoms with E-state index in [9.17, 15) is 13.0 Å². The van der Waals surface area contributed by atoms with Gasteiger partial charge in [-0.3, -0.25) is 4.55 Å². The summed E-state index contributed by atoms with van der Waals surface area (Å²) in [5.41, 5.74) is 5.10. The zero-order valence-corrected chi connectivity index (χ0v) is 18.2. The Bertz CT molecular complexity index is 1250. The van der Waals surface area contributed by atoms with Crippen LogP contribution in [0.15, 0.2) is 102 Å². The van der Waals surface area contributed by atoms with Crippen LogP contribution in [0.5, 0.6) is 0 Å². The lowest BCUT2D eigenvalue weighted by Crippen LogP contribution is -2.06. The Hall–Kier alpha value is -2.86. The molecule has 0 radical (unpaired) electrons. The predicted molar refractivity (Wildman–Crippen MR) is 128 cm³/mol. The molecule has 152 valence electrons. The van der Waals surface area contributed by atoms with Gasteiger partial charge in [0.05, 0.1) is 0 Å². The standard InChI is InChI=1S/C25H20O3S.H2S/c1-18-17-22(19-11-5-2-6-12-19)25(29(26,27)28)24(21-15-9-4-10-16-21)23(18)20-13-7-3-8-14-20;/h2-17H,1H3,(H,26,27,28);1H2. The molecular formula is C25H22O3S2. The van der Waals surface area contributed by atoms with E-state index in [4.69, 9.17) is 0 Å². The van der Waals surface area contributed by atoms with Crippen molar-refractivity contribution in [1.29, 1.82) is 0 Å². The molecule has 0 spiro atoms. The molecule has 0 fully saturated rings. The quantitative estimate of drug-likeness (QED) is 0.381. The van der Waals surface area contributed by atoms with Crippen LogP contribution in [0.25, 0.3) is 33.4 Å². The largest absolute Gasteiger partial charge is 0.295 e. The minimum absolute atomic E-state index is 0. The lowest BCUT2D eigenvalue weighted by Gasteiger charge is -2.20. The number of hydrogen-bond donors (Lipinski definition) is 1. The summed E-state index contributed by atoms with van der Waals surface area (Å²) in [6.07, 6.45) is 0. The number of rotatable bonds is 4. The Kier molecular flexibility index (Phi) is 6.46. The van der Waals surface area contributed by atoms with Gasteiger partial charge in [-0.05, 0) is 40.8 Å². The molecule has 0 saturated carbocycles. The first-order valence-corrected chi connectivity index (χ1v) is 10.7. The Labute approximate surface area is 184 Å². The SMILES string of the molecule is Cc1cc(-c2ccccc2)c(S(=O)(=O)O)c(-c2ccccc2)c1-c1ccccc1.S. The first-order valence-electron chi connectivity index (χ1n) is 9.28. The van der Waals surface area contributed by atoms with Crippen molar-refractivity contribution in [2.24, 2.45) is 0 Å². The molecule has 30 heavy (non-hydrogen) atoms. The molecule has 0 aliphatic rings. The Morgan fingerprint density at radius 1 is 0.633 bits per heavy atom. The fourth-order valence-corrected chi connectivity index (χ4v) is 4.69. The zero-order valence-electron chi connectivity index (χ0n) is 16.4. The van der Waals surface area contributed by atoms with Crippen molar-refractivity contribution in [2.45, 2.75) is 11.8 Å². The highest BCUT2D eigenvalue weighted by Crippen LogP contribution is 2.44. The van der Waals surface area contributed by atoms with E-state index in [0.29, 0.717) is 11.1 Å². The van der Waals surface area contributed by atoms with Crippen LogP contribution in [0.1, 0.15) is 5.56 Å². The molecule has 0 aliphatic carbocycles. The fourth-order valence-electron chi connectivity index (χ4n) is 3.76. The van der Waals surface area contributed by atoms with Crippen LogP contribution < -0.4 is 0 Å². The minimum Gasteiger partial charge on any atom is -0.282 e. The second kappa shape index (κ2) is 8.88. The predicted octanol–water partition coefficient (Wildman–Crippen LogP) is 6.36. The van der Waals surface area contributed by atoms with E-state index in [1.54, 1.807) is 0 Å². The van der Waals surface area contributed by atoms with Crippen molar-refractivity contribution in [3.8, 4) is 33.4 Å². The van der Waals surface area contributed by atoms with E-state index in [2.05, 4.69) is 0 Å². The summed E-state index contributed by atoms with van der Waals surface area (Å²) < 4.78 is 35.7. The molecule has 0 aliphatic heterocycles. The highest BCUT2D eigenvalue weighted by atomic mass is 32.2. The molecule has 4 aromatic rings. The van der Waals surface area contributed by atoms with Crippen molar-refractivity contribution < 1.29 is 13.0 Å². The van der Waals surface area contributed by atoms with Crippen LogP contribution in [-0.2, 0) is 10.1 Å². The van der Waals surface area contributed by atoms with Gasteiger partial charge >= 0.3 is 0 Å². The molecule has 0 aromatic heterocycles. The third-order valence-corrected chi connectivity index (χ3v) is 5.88. The van der Waals surface area contributed by atoms with Crippen LogP contribution >= 0.6 is 13.5 Å². The van der Waals surface area contributed by atoms with Crippen molar-refractivity contribution in [2.75, 3.05) is 0 Å². The summed E-state index contributed by atoms with van der Waals surface area (Å²) in [5, 5.41) is 0.